The van der Waals surface area contributed by atoms with Crippen molar-refractivity contribution in [2.75, 3.05) is 0 Å². The number of carbonyl (C=O) groups excluding carboxylic acids is 1. The summed E-state index contributed by atoms with van der Waals surface area (Å²) < 4.78 is 0. The van der Waals surface area contributed by atoms with Crippen LogP contribution < -0.4 is 0 Å². The quantitative estimate of drug-likeness (QED) is 0.463. The summed E-state index contributed by atoms with van der Waals surface area (Å²) in [6.45, 7) is 1.96. The molecule has 3 aromatic heterocycles. The number of nitrogens with zero attached hydrogens (tertiary/aromatic N) is 4. The fourth-order valence-electron chi connectivity index (χ4n) is 3.60. The Balaban J connectivity index is 1.52. The van der Waals surface area contributed by atoms with E-state index in [1.54, 1.807) is 35.9 Å². The molecule has 0 fully saturated rings. The lowest BCUT2D eigenvalue weighted by atomic mass is 9.98. The first kappa shape index (κ1) is 19.6. The van der Waals surface area contributed by atoms with Crippen LogP contribution in [0, 0.1) is 6.92 Å². The normalized spacial score (nSPS) is 15.8. The number of amides is 1. The molecular formula is C23H18N4O2S2. The number of thiazole rings is 1. The van der Waals surface area contributed by atoms with Crippen molar-refractivity contribution in [2.45, 2.75) is 19.4 Å². The Morgan fingerprint density at radius 3 is 2.77 bits per heavy atom. The number of phenols is 1. The van der Waals surface area contributed by atoms with Gasteiger partial charge in [0.1, 0.15) is 5.75 Å². The lowest BCUT2D eigenvalue weighted by molar-refractivity contribution is 0.0714. The molecule has 6 nitrogen and oxygen atoms in total. The van der Waals surface area contributed by atoms with Crippen LogP contribution in [0.1, 0.15) is 38.3 Å². The molecule has 31 heavy (non-hydrogen) atoms. The number of benzene rings is 1. The summed E-state index contributed by atoms with van der Waals surface area (Å²) in [4.78, 5) is 23.7. The van der Waals surface area contributed by atoms with Crippen molar-refractivity contribution in [1.82, 2.24) is 15.0 Å². The van der Waals surface area contributed by atoms with Crippen molar-refractivity contribution < 1.29 is 9.90 Å². The maximum Gasteiger partial charge on any atom is 0.284 e. The van der Waals surface area contributed by atoms with Gasteiger partial charge in [-0.15, -0.1) is 22.7 Å². The van der Waals surface area contributed by atoms with Crippen LogP contribution in [0.5, 0.6) is 5.75 Å². The molecule has 0 spiro atoms. The number of aryl methyl sites for hydroxylation is 1. The zero-order valence-corrected chi connectivity index (χ0v) is 18.2. The van der Waals surface area contributed by atoms with E-state index in [0.717, 1.165) is 26.9 Å². The summed E-state index contributed by atoms with van der Waals surface area (Å²) >= 11 is 2.99. The Labute approximate surface area is 187 Å². The van der Waals surface area contributed by atoms with Gasteiger partial charge in [0.2, 0.25) is 0 Å². The van der Waals surface area contributed by atoms with Crippen molar-refractivity contribution in [2.24, 2.45) is 5.10 Å². The van der Waals surface area contributed by atoms with Gasteiger partial charge < -0.3 is 5.11 Å². The van der Waals surface area contributed by atoms with E-state index >= 15 is 0 Å². The molecule has 0 saturated heterocycles. The van der Waals surface area contributed by atoms with E-state index in [1.165, 1.54) is 16.3 Å². The maximum absolute atomic E-state index is 13.5. The van der Waals surface area contributed by atoms with E-state index in [2.05, 4.69) is 15.1 Å². The number of pyridine rings is 1. The second-order valence-electron chi connectivity index (χ2n) is 7.13. The topological polar surface area (TPSA) is 78.7 Å². The van der Waals surface area contributed by atoms with Crippen molar-refractivity contribution in [3.8, 4) is 16.3 Å². The minimum atomic E-state index is -0.393. The minimum Gasteiger partial charge on any atom is -0.508 e. The lowest BCUT2D eigenvalue weighted by Crippen LogP contribution is -2.26. The highest BCUT2D eigenvalue weighted by atomic mass is 32.1. The van der Waals surface area contributed by atoms with E-state index in [0.29, 0.717) is 16.9 Å². The van der Waals surface area contributed by atoms with E-state index in [-0.39, 0.29) is 11.7 Å². The summed E-state index contributed by atoms with van der Waals surface area (Å²) in [5.41, 5.74) is 3.18. The molecule has 1 amide bonds. The summed E-state index contributed by atoms with van der Waals surface area (Å²) in [5, 5.41) is 19.6. The van der Waals surface area contributed by atoms with Gasteiger partial charge in [0, 0.05) is 35.3 Å². The van der Waals surface area contributed by atoms with Crippen LogP contribution in [0.3, 0.4) is 0 Å². The fraction of sp³-hybridized carbons (Fsp3) is 0.130. The van der Waals surface area contributed by atoms with Crippen molar-refractivity contribution in [1.29, 1.82) is 0 Å². The Hall–Kier alpha value is -3.36. The van der Waals surface area contributed by atoms with Gasteiger partial charge in [0.05, 0.1) is 32.2 Å². The number of hydrogen-bond donors (Lipinski definition) is 1. The third-order valence-corrected chi connectivity index (χ3v) is 6.97. The molecule has 1 aliphatic heterocycles. The average molecular weight is 447 g/mol. The molecular weight excluding hydrogens is 428 g/mol. The Morgan fingerprint density at radius 2 is 2.03 bits per heavy atom. The number of carbonyl (C=O) groups is 1. The van der Waals surface area contributed by atoms with Gasteiger partial charge in [0.25, 0.3) is 5.91 Å². The fourth-order valence-corrected chi connectivity index (χ4v) is 5.18. The zero-order valence-electron chi connectivity index (χ0n) is 16.6. The smallest absolute Gasteiger partial charge is 0.284 e. The van der Waals surface area contributed by atoms with Crippen LogP contribution in [0.2, 0.25) is 0 Å². The largest absolute Gasteiger partial charge is 0.508 e. The Kier molecular flexibility index (Phi) is 5.09. The van der Waals surface area contributed by atoms with Gasteiger partial charge in [-0.25, -0.2) is 9.99 Å². The Morgan fingerprint density at radius 1 is 1.16 bits per heavy atom. The number of aromatic nitrogens is 2. The Bertz CT molecular complexity index is 1280. The number of hydrazone groups is 1. The maximum atomic E-state index is 13.5. The summed E-state index contributed by atoms with van der Waals surface area (Å²) in [6, 6.07) is 14.2. The van der Waals surface area contributed by atoms with E-state index in [1.807, 2.05) is 48.7 Å². The SMILES string of the molecule is Cc1nc(-c2ccc(C(=O)N3N=C(c4cccnc4)CC3c3ccccc3O)s2)cs1. The molecule has 0 aliphatic carbocycles. The molecule has 5 rings (SSSR count). The number of hydrogen-bond acceptors (Lipinski definition) is 7. The van der Waals surface area contributed by atoms with Crippen LogP contribution in [0.25, 0.3) is 10.6 Å². The highest BCUT2D eigenvalue weighted by molar-refractivity contribution is 7.17. The second-order valence-corrected chi connectivity index (χ2v) is 9.28. The summed E-state index contributed by atoms with van der Waals surface area (Å²) in [6.07, 6.45) is 3.94. The molecule has 0 radical (unpaired) electrons. The third-order valence-electron chi connectivity index (χ3n) is 5.10. The number of phenolic OH excluding ortho intramolecular Hbond substituents is 1. The first-order chi connectivity index (χ1) is 15.1. The predicted octanol–water partition coefficient (Wildman–Crippen LogP) is 5.27. The summed E-state index contributed by atoms with van der Waals surface area (Å²) in [5.74, 6) is -0.0481. The minimum absolute atomic E-state index is 0.151. The third kappa shape index (κ3) is 3.75. The molecule has 0 saturated carbocycles. The van der Waals surface area contributed by atoms with Gasteiger partial charge in [-0.3, -0.25) is 9.78 Å². The van der Waals surface area contributed by atoms with Crippen LogP contribution in [0.15, 0.2) is 71.4 Å². The van der Waals surface area contributed by atoms with E-state index in [9.17, 15) is 9.90 Å². The number of rotatable bonds is 4. The van der Waals surface area contributed by atoms with E-state index < -0.39 is 6.04 Å². The van der Waals surface area contributed by atoms with Crippen molar-refractivity contribution in [3.63, 3.8) is 0 Å². The first-order valence-electron chi connectivity index (χ1n) is 9.72. The number of thiophene rings is 1. The molecule has 4 heterocycles. The molecule has 1 N–H and O–H groups in total. The highest BCUT2D eigenvalue weighted by Gasteiger charge is 2.35. The number of para-hydroxylation sites is 1. The zero-order chi connectivity index (χ0) is 21.4. The molecule has 1 aliphatic rings. The van der Waals surface area contributed by atoms with Crippen LogP contribution >= 0.6 is 22.7 Å². The van der Waals surface area contributed by atoms with Gasteiger partial charge in [0.15, 0.2) is 0 Å². The molecule has 4 aromatic rings. The molecule has 0 bridgehead atoms. The van der Waals surface area contributed by atoms with E-state index in [4.69, 9.17) is 0 Å². The molecule has 154 valence electrons. The van der Waals surface area contributed by atoms with Gasteiger partial charge in [-0.05, 0) is 31.2 Å². The van der Waals surface area contributed by atoms with Gasteiger partial charge >= 0.3 is 0 Å². The molecule has 1 unspecified atom stereocenters. The average Bonchev–Trinajstić information content (AvgIpc) is 3.53. The van der Waals surface area contributed by atoms with Crippen LogP contribution in [-0.4, -0.2) is 31.7 Å². The van der Waals surface area contributed by atoms with Gasteiger partial charge in [-0.1, -0.05) is 24.3 Å². The molecule has 8 heteroatoms. The highest BCUT2D eigenvalue weighted by Crippen LogP contribution is 2.39. The molecule has 1 atom stereocenters. The first-order valence-corrected chi connectivity index (χ1v) is 11.4. The van der Waals surface area contributed by atoms with Gasteiger partial charge in [-0.2, -0.15) is 5.10 Å². The summed E-state index contributed by atoms with van der Waals surface area (Å²) in [7, 11) is 0. The predicted molar refractivity (Wildman–Crippen MR) is 123 cm³/mol. The molecule has 1 aromatic carbocycles. The second kappa shape index (κ2) is 8.05. The lowest BCUT2D eigenvalue weighted by Gasteiger charge is -2.22. The standard InChI is InChI=1S/C23H18N4O2S2/c1-14-25-18(13-30-14)21-8-9-22(31-21)23(29)27-19(16-6-2-3-7-20(16)28)11-17(26-27)15-5-4-10-24-12-15/h2-10,12-13,19,28H,11H2,1H3. The number of aromatic hydroxyl groups is 1. The van der Waals surface area contributed by atoms with Crippen molar-refractivity contribution in [3.05, 3.63) is 87.3 Å². The monoisotopic (exact) mass is 446 g/mol. The van der Waals surface area contributed by atoms with Crippen LogP contribution in [-0.2, 0) is 0 Å². The van der Waals surface area contributed by atoms with Crippen molar-refractivity contribution >= 4 is 34.3 Å². The van der Waals surface area contributed by atoms with Crippen LogP contribution in [0.4, 0.5) is 0 Å².